The summed E-state index contributed by atoms with van der Waals surface area (Å²) in [7, 11) is 1.81. The van der Waals surface area contributed by atoms with Crippen molar-refractivity contribution < 1.29 is 4.79 Å². The van der Waals surface area contributed by atoms with Crippen molar-refractivity contribution in [3.63, 3.8) is 0 Å². The van der Waals surface area contributed by atoms with Gasteiger partial charge in [0.15, 0.2) is 5.78 Å². The second kappa shape index (κ2) is 4.31. The van der Waals surface area contributed by atoms with Crippen molar-refractivity contribution in [2.24, 2.45) is 7.05 Å². The van der Waals surface area contributed by atoms with E-state index in [1.165, 1.54) is 5.56 Å². The van der Waals surface area contributed by atoms with E-state index in [-0.39, 0.29) is 5.78 Å². The number of carbonyl (C=O) groups excluding carboxylic acids is 1. The first kappa shape index (κ1) is 10.6. The van der Waals surface area contributed by atoms with Crippen LogP contribution in [0.25, 0.3) is 0 Å². The molecule has 0 bridgehead atoms. The van der Waals surface area contributed by atoms with Gasteiger partial charge in [-0.25, -0.2) is 0 Å². The summed E-state index contributed by atoms with van der Waals surface area (Å²) in [4.78, 5) is 11.8. The highest BCUT2D eigenvalue weighted by Crippen LogP contribution is 2.07. The molecule has 0 spiro atoms. The van der Waals surface area contributed by atoms with E-state index in [9.17, 15) is 4.79 Å². The summed E-state index contributed by atoms with van der Waals surface area (Å²) < 4.78 is 1.64. The first-order valence-corrected chi connectivity index (χ1v) is 5.23. The van der Waals surface area contributed by atoms with Crippen LogP contribution in [0.1, 0.15) is 21.6 Å². The number of aryl methyl sites for hydroxylation is 2. The van der Waals surface area contributed by atoms with E-state index in [1.54, 1.807) is 16.9 Å². The molecule has 82 valence electrons. The fraction of sp³-hybridized carbons (Fsp3) is 0.231. The maximum Gasteiger partial charge on any atom is 0.187 e. The third-order valence-corrected chi connectivity index (χ3v) is 2.48. The zero-order valence-electron chi connectivity index (χ0n) is 9.47. The fourth-order valence-electron chi connectivity index (χ4n) is 1.55. The van der Waals surface area contributed by atoms with Crippen LogP contribution in [0.3, 0.4) is 0 Å². The van der Waals surface area contributed by atoms with Gasteiger partial charge in [-0.3, -0.25) is 9.48 Å². The summed E-state index contributed by atoms with van der Waals surface area (Å²) >= 11 is 0. The monoisotopic (exact) mass is 214 g/mol. The molecule has 1 heterocycles. The van der Waals surface area contributed by atoms with Gasteiger partial charge in [0.1, 0.15) is 5.69 Å². The van der Waals surface area contributed by atoms with Crippen LogP contribution < -0.4 is 0 Å². The lowest BCUT2D eigenvalue weighted by molar-refractivity contribution is 0.0987. The highest BCUT2D eigenvalue weighted by molar-refractivity contribution is 5.95. The van der Waals surface area contributed by atoms with Crippen LogP contribution in [0, 0.1) is 6.92 Å². The van der Waals surface area contributed by atoms with Gasteiger partial charge in [-0.1, -0.05) is 29.8 Å². The fourth-order valence-corrected chi connectivity index (χ4v) is 1.55. The van der Waals surface area contributed by atoms with E-state index in [2.05, 4.69) is 5.10 Å². The molecule has 0 aliphatic carbocycles. The van der Waals surface area contributed by atoms with Gasteiger partial charge < -0.3 is 0 Å². The first-order valence-electron chi connectivity index (χ1n) is 5.23. The van der Waals surface area contributed by atoms with Gasteiger partial charge in [-0.2, -0.15) is 5.10 Å². The average Bonchev–Trinajstić information content (AvgIpc) is 2.68. The van der Waals surface area contributed by atoms with Crippen molar-refractivity contribution in [3.05, 3.63) is 53.3 Å². The topological polar surface area (TPSA) is 34.9 Å². The molecule has 1 aromatic carbocycles. The number of hydrogen-bond acceptors (Lipinski definition) is 2. The first-order chi connectivity index (χ1) is 7.65. The third kappa shape index (κ3) is 2.37. The maximum atomic E-state index is 11.8. The zero-order valence-corrected chi connectivity index (χ0v) is 9.47. The molecule has 0 N–H and O–H groups in total. The lowest BCUT2D eigenvalue weighted by Crippen LogP contribution is -2.05. The quantitative estimate of drug-likeness (QED) is 0.734. The van der Waals surface area contributed by atoms with E-state index in [0.717, 1.165) is 5.56 Å². The second-order valence-electron chi connectivity index (χ2n) is 3.96. The number of ketones is 1. The van der Waals surface area contributed by atoms with Crippen LogP contribution >= 0.6 is 0 Å². The molecule has 1 aromatic heterocycles. The maximum absolute atomic E-state index is 11.8. The molecule has 2 aromatic rings. The van der Waals surface area contributed by atoms with Crippen molar-refractivity contribution in [3.8, 4) is 0 Å². The van der Waals surface area contributed by atoms with Crippen LogP contribution in [0.15, 0.2) is 36.5 Å². The Morgan fingerprint density at radius 2 is 1.94 bits per heavy atom. The molecule has 0 unspecified atom stereocenters. The molecule has 0 amide bonds. The molecule has 0 radical (unpaired) electrons. The van der Waals surface area contributed by atoms with E-state index < -0.39 is 0 Å². The molecule has 0 saturated carbocycles. The standard InChI is InChI=1S/C13H14N2O/c1-10-3-5-11(6-4-10)9-13(16)12-7-8-15(2)14-12/h3-8H,9H2,1-2H3. The highest BCUT2D eigenvalue weighted by Gasteiger charge is 2.09. The molecule has 3 nitrogen and oxygen atoms in total. The van der Waals surface area contributed by atoms with Crippen molar-refractivity contribution in [1.82, 2.24) is 9.78 Å². The minimum atomic E-state index is 0.0597. The van der Waals surface area contributed by atoms with Crippen molar-refractivity contribution >= 4 is 5.78 Å². The number of aromatic nitrogens is 2. The lowest BCUT2D eigenvalue weighted by atomic mass is 10.1. The van der Waals surface area contributed by atoms with Crippen molar-refractivity contribution in [2.45, 2.75) is 13.3 Å². The molecule has 0 fully saturated rings. The van der Waals surface area contributed by atoms with Gasteiger partial charge in [-0.05, 0) is 18.6 Å². The highest BCUT2D eigenvalue weighted by atomic mass is 16.1. The molecule has 0 saturated heterocycles. The number of carbonyl (C=O) groups is 1. The molecule has 2 rings (SSSR count). The summed E-state index contributed by atoms with van der Waals surface area (Å²) in [6, 6.07) is 9.74. The van der Waals surface area contributed by atoms with E-state index >= 15 is 0 Å². The van der Waals surface area contributed by atoms with E-state index in [0.29, 0.717) is 12.1 Å². The summed E-state index contributed by atoms with van der Waals surface area (Å²) in [5, 5.41) is 4.09. The van der Waals surface area contributed by atoms with Crippen LogP contribution in [-0.2, 0) is 13.5 Å². The summed E-state index contributed by atoms with van der Waals surface area (Å²) in [6.45, 7) is 2.03. The largest absolute Gasteiger partial charge is 0.292 e. The summed E-state index contributed by atoms with van der Waals surface area (Å²) in [5.74, 6) is 0.0597. The Bertz CT molecular complexity index is 497. The second-order valence-corrected chi connectivity index (χ2v) is 3.96. The van der Waals surface area contributed by atoms with Gasteiger partial charge in [0, 0.05) is 19.7 Å². The predicted molar refractivity (Wildman–Crippen MR) is 62.4 cm³/mol. The van der Waals surface area contributed by atoms with E-state index in [4.69, 9.17) is 0 Å². The Kier molecular flexibility index (Phi) is 2.86. The minimum Gasteiger partial charge on any atom is -0.292 e. The Balaban J connectivity index is 2.10. The van der Waals surface area contributed by atoms with Crippen LogP contribution in [0.2, 0.25) is 0 Å². The van der Waals surface area contributed by atoms with Crippen molar-refractivity contribution in [2.75, 3.05) is 0 Å². The number of Topliss-reactive ketones (excluding diaryl/α,β-unsaturated/α-hetero) is 1. The molecular weight excluding hydrogens is 200 g/mol. The van der Waals surface area contributed by atoms with Gasteiger partial charge in [0.25, 0.3) is 0 Å². The van der Waals surface area contributed by atoms with E-state index in [1.807, 2.05) is 38.2 Å². The Morgan fingerprint density at radius 1 is 1.25 bits per heavy atom. The molecule has 0 aliphatic heterocycles. The predicted octanol–water partition coefficient (Wildman–Crippen LogP) is 2.15. The van der Waals surface area contributed by atoms with Gasteiger partial charge in [-0.15, -0.1) is 0 Å². The van der Waals surface area contributed by atoms with Gasteiger partial charge in [0.2, 0.25) is 0 Å². The number of hydrogen-bond donors (Lipinski definition) is 0. The van der Waals surface area contributed by atoms with Crippen LogP contribution in [-0.4, -0.2) is 15.6 Å². The normalized spacial score (nSPS) is 10.4. The number of rotatable bonds is 3. The average molecular weight is 214 g/mol. The van der Waals surface area contributed by atoms with Gasteiger partial charge in [0.05, 0.1) is 0 Å². The smallest absolute Gasteiger partial charge is 0.187 e. The molecular formula is C13H14N2O. The third-order valence-electron chi connectivity index (χ3n) is 2.48. The van der Waals surface area contributed by atoms with Crippen LogP contribution in [0.4, 0.5) is 0 Å². The molecule has 0 aliphatic rings. The Hall–Kier alpha value is -1.90. The summed E-state index contributed by atoms with van der Waals surface area (Å²) in [6.07, 6.45) is 2.19. The summed E-state index contributed by atoms with van der Waals surface area (Å²) in [5.41, 5.74) is 2.76. The van der Waals surface area contributed by atoms with Crippen molar-refractivity contribution in [1.29, 1.82) is 0 Å². The Labute approximate surface area is 94.7 Å². The molecule has 16 heavy (non-hydrogen) atoms. The number of nitrogens with zero attached hydrogens (tertiary/aromatic N) is 2. The molecule has 0 atom stereocenters. The van der Waals surface area contributed by atoms with Crippen LogP contribution in [0.5, 0.6) is 0 Å². The number of benzene rings is 1. The SMILES string of the molecule is Cc1ccc(CC(=O)c2ccn(C)n2)cc1. The lowest BCUT2D eigenvalue weighted by Gasteiger charge is -1.99. The minimum absolute atomic E-state index is 0.0597. The van der Waals surface area contributed by atoms with Gasteiger partial charge >= 0.3 is 0 Å². The zero-order chi connectivity index (χ0) is 11.5. The molecule has 3 heteroatoms. The Morgan fingerprint density at radius 3 is 2.50 bits per heavy atom.